The molecule has 2 aromatic heterocycles. The highest BCUT2D eigenvalue weighted by Gasteiger charge is 2.20. The molecule has 0 unspecified atom stereocenters. The van der Waals surface area contributed by atoms with Crippen molar-refractivity contribution in [2.45, 2.75) is 25.3 Å². The number of benzene rings is 1. The molecule has 1 N–H and O–H groups in total. The summed E-state index contributed by atoms with van der Waals surface area (Å²) in [4.78, 5) is 5.31. The molecule has 0 atom stereocenters. The van der Waals surface area contributed by atoms with Crippen molar-refractivity contribution >= 4 is 21.4 Å². The van der Waals surface area contributed by atoms with E-state index in [0.29, 0.717) is 6.04 Å². The van der Waals surface area contributed by atoms with Gasteiger partial charge in [0.2, 0.25) is 0 Å². The molecule has 1 fully saturated rings. The van der Waals surface area contributed by atoms with Crippen LogP contribution >= 0.6 is 11.3 Å². The average molecular weight is 302 g/mol. The van der Waals surface area contributed by atoms with Crippen LogP contribution in [0.15, 0.2) is 34.9 Å². The van der Waals surface area contributed by atoms with Crippen molar-refractivity contribution in [1.29, 1.82) is 0 Å². The highest BCUT2D eigenvalue weighted by molar-refractivity contribution is 7.22. The van der Waals surface area contributed by atoms with Gasteiger partial charge in [0.05, 0.1) is 11.1 Å². The van der Waals surface area contributed by atoms with Gasteiger partial charge in [-0.15, -0.1) is 11.3 Å². The molecule has 0 bridgehead atoms. The molecule has 21 heavy (non-hydrogen) atoms. The zero-order chi connectivity index (χ0) is 14.2. The van der Waals surface area contributed by atoms with Crippen molar-refractivity contribution in [3.05, 3.63) is 42.2 Å². The number of oxazole rings is 1. The van der Waals surface area contributed by atoms with Gasteiger partial charge in [0.15, 0.2) is 11.7 Å². The number of nitrogens with one attached hydrogen (secondary N) is 1. The molecular formula is C16H15FN2OS. The molecule has 3 aromatic rings. The van der Waals surface area contributed by atoms with Gasteiger partial charge in [0.1, 0.15) is 5.82 Å². The highest BCUT2D eigenvalue weighted by Crippen LogP contribution is 2.34. The van der Waals surface area contributed by atoms with Crippen molar-refractivity contribution in [2.24, 2.45) is 0 Å². The number of rotatable bonds is 5. The van der Waals surface area contributed by atoms with Gasteiger partial charge in [-0.25, -0.2) is 9.37 Å². The van der Waals surface area contributed by atoms with Gasteiger partial charge in [-0.05, 0) is 36.4 Å². The standard InChI is InChI=1S/C16H15FN2OS/c17-11-2-1-10-7-15(21-14(10)8-11)13-9-19-16(20-13)5-6-18-12-3-4-12/h1-2,7-9,12,18H,3-6H2. The first-order valence-electron chi connectivity index (χ1n) is 7.15. The Bertz CT molecular complexity index is 776. The Kier molecular flexibility index (Phi) is 3.24. The van der Waals surface area contributed by atoms with E-state index < -0.39 is 0 Å². The minimum Gasteiger partial charge on any atom is -0.440 e. The van der Waals surface area contributed by atoms with E-state index in [2.05, 4.69) is 10.3 Å². The molecule has 1 aromatic carbocycles. The third kappa shape index (κ3) is 2.84. The number of fused-ring (bicyclic) bond motifs is 1. The van der Waals surface area contributed by atoms with Crippen LogP contribution in [0, 0.1) is 5.82 Å². The molecule has 1 aliphatic carbocycles. The van der Waals surface area contributed by atoms with Crippen LogP contribution in [0.5, 0.6) is 0 Å². The van der Waals surface area contributed by atoms with Crippen LogP contribution in [-0.2, 0) is 6.42 Å². The first-order valence-corrected chi connectivity index (χ1v) is 7.97. The molecule has 2 heterocycles. The number of nitrogens with zero attached hydrogens (tertiary/aromatic N) is 1. The normalized spacial score (nSPS) is 14.9. The van der Waals surface area contributed by atoms with Gasteiger partial charge in [0.25, 0.3) is 0 Å². The Labute approximate surface area is 125 Å². The summed E-state index contributed by atoms with van der Waals surface area (Å²) in [5.41, 5.74) is 0. The van der Waals surface area contributed by atoms with Gasteiger partial charge < -0.3 is 9.73 Å². The predicted octanol–water partition coefficient (Wildman–Crippen LogP) is 3.99. The van der Waals surface area contributed by atoms with Crippen molar-refractivity contribution in [1.82, 2.24) is 10.3 Å². The Morgan fingerprint density at radius 1 is 1.33 bits per heavy atom. The largest absolute Gasteiger partial charge is 0.440 e. The van der Waals surface area contributed by atoms with Gasteiger partial charge in [-0.3, -0.25) is 0 Å². The summed E-state index contributed by atoms with van der Waals surface area (Å²) in [6.07, 6.45) is 5.13. The van der Waals surface area contributed by atoms with E-state index in [0.717, 1.165) is 39.6 Å². The molecule has 0 aliphatic heterocycles. The molecule has 0 spiro atoms. The summed E-state index contributed by atoms with van der Waals surface area (Å²) in [7, 11) is 0. The quantitative estimate of drug-likeness (QED) is 0.774. The summed E-state index contributed by atoms with van der Waals surface area (Å²) in [5.74, 6) is 1.31. The van der Waals surface area contributed by atoms with Gasteiger partial charge in [0, 0.05) is 23.7 Å². The fraction of sp³-hybridized carbons (Fsp3) is 0.312. The van der Waals surface area contributed by atoms with E-state index in [1.165, 1.54) is 30.2 Å². The lowest BCUT2D eigenvalue weighted by atomic mass is 10.2. The van der Waals surface area contributed by atoms with E-state index in [1.807, 2.05) is 6.07 Å². The average Bonchev–Trinajstić information content (AvgIpc) is 3.00. The van der Waals surface area contributed by atoms with Crippen LogP contribution in [0.25, 0.3) is 20.7 Å². The summed E-state index contributed by atoms with van der Waals surface area (Å²) in [6, 6.07) is 7.55. The number of thiophene rings is 1. The van der Waals surface area contributed by atoms with Crippen molar-refractivity contribution in [2.75, 3.05) is 6.54 Å². The zero-order valence-electron chi connectivity index (χ0n) is 11.4. The lowest BCUT2D eigenvalue weighted by molar-refractivity contribution is 0.495. The molecule has 1 aliphatic rings. The van der Waals surface area contributed by atoms with Crippen LogP contribution in [0.3, 0.4) is 0 Å². The molecule has 108 valence electrons. The molecule has 5 heteroatoms. The SMILES string of the molecule is Fc1ccc2cc(-c3cnc(CCNC4CC4)o3)sc2c1. The van der Waals surface area contributed by atoms with Crippen LogP contribution in [0.1, 0.15) is 18.7 Å². The fourth-order valence-electron chi connectivity index (χ4n) is 2.34. The molecule has 1 saturated carbocycles. The molecule has 0 saturated heterocycles. The Morgan fingerprint density at radius 3 is 3.10 bits per heavy atom. The lowest BCUT2D eigenvalue weighted by Gasteiger charge is -1.98. The predicted molar refractivity (Wildman–Crippen MR) is 82.0 cm³/mol. The molecule has 0 amide bonds. The van der Waals surface area contributed by atoms with Crippen LogP contribution in [0.2, 0.25) is 0 Å². The summed E-state index contributed by atoms with van der Waals surface area (Å²) in [6.45, 7) is 0.905. The van der Waals surface area contributed by atoms with Crippen LogP contribution in [0.4, 0.5) is 4.39 Å². The monoisotopic (exact) mass is 302 g/mol. The Hall–Kier alpha value is -1.72. The van der Waals surface area contributed by atoms with Crippen LogP contribution in [-0.4, -0.2) is 17.6 Å². The fourth-order valence-corrected chi connectivity index (χ4v) is 3.37. The summed E-state index contributed by atoms with van der Waals surface area (Å²) >= 11 is 1.53. The van der Waals surface area contributed by atoms with Crippen molar-refractivity contribution in [3.8, 4) is 10.6 Å². The molecule has 0 radical (unpaired) electrons. The Morgan fingerprint density at radius 2 is 2.24 bits per heavy atom. The van der Waals surface area contributed by atoms with E-state index >= 15 is 0 Å². The van der Waals surface area contributed by atoms with E-state index in [1.54, 1.807) is 18.3 Å². The van der Waals surface area contributed by atoms with E-state index in [-0.39, 0.29) is 5.82 Å². The van der Waals surface area contributed by atoms with Gasteiger partial charge in [-0.2, -0.15) is 0 Å². The number of aromatic nitrogens is 1. The number of hydrogen-bond donors (Lipinski definition) is 1. The maximum Gasteiger partial charge on any atom is 0.196 e. The van der Waals surface area contributed by atoms with Crippen LogP contribution < -0.4 is 5.32 Å². The first-order chi connectivity index (χ1) is 10.3. The second-order valence-corrected chi connectivity index (χ2v) is 6.47. The topological polar surface area (TPSA) is 38.1 Å². The third-order valence-electron chi connectivity index (χ3n) is 3.63. The first kappa shape index (κ1) is 13.0. The minimum absolute atomic E-state index is 0.208. The van der Waals surface area contributed by atoms with Crippen molar-refractivity contribution < 1.29 is 8.81 Å². The highest BCUT2D eigenvalue weighted by atomic mass is 32.1. The molecule has 3 nitrogen and oxygen atoms in total. The lowest BCUT2D eigenvalue weighted by Crippen LogP contribution is -2.19. The molecule has 4 rings (SSSR count). The van der Waals surface area contributed by atoms with Gasteiger partial charge in [-0.1, -0.05) is 6.07 Å². The maximum absolute atomic E-state index is 13.2. The van der Waals surface area contributed by atoms with E-state index in [4.69, 9.17) is 4.42 Å². The molecular weight excluding hydrogens is 287 g/mol. The second kappa shape index (κ2) is 5.24. The second-order valence-electron chi connectivity index (χ2n) is 5.39. The number of hydrogen-bond acceptors (Lipinski definition) is 4. The van der Waals surface area contributed by atoms with Gasteiger partial charge >= 0.3 is 0 Å². The minimum atomic E-state index is -0.208. The number of halogens is 1. The zero-order valence-corrected chi connectivity index (χ0v) is 12.3. The summed E-state index contributed by atoms with van der Waals surface area (Å²) in [5, 5.41) is 4.47. The maximum atomic E-state index is 13.2. The third-order valence-corrected chi connectivity index (χ3v) is 4.74. The van der Waals surface area contributed by atoms with Crippen molar-refractivity contribution in [3.63, 3.8) is 0 Å². The smallest absolute Gasteiger partial charge is 0.196 e. The van der Waals surface area contributed by atoms with E-state index in [9.17, 15) is 4.39 Å². The Balaban J connectivity index is 1.52. The summed E-state index contributed by atoms with van der Waals surface area (Å²) < 4.78 is 20.0.